The molecule has 78 valence electrons. The number of nitrogens with zero attached hydrogens (tertiary/aromatic N) is 2. The van der Waals surface area contributed by atoms with E-state index in [1.807, 2.05) is 30.3 Å². The fraction of sp³-hybridized carbons (Fsp3) is 0.200. The molecule has 0 aliphatic rings. The minimum Gasteiger partial charge on any atom is -0.490 e. The summed E-state index contributed by atoms with van der Waals surface area (Å²) in [5.74, 6) is 0.922. The molecule has 1 heterocycles. The Hall–Kier alpha value is -1.88. The molecule has 0 saturated heterocycles. The van der Waals surface area contributed by atoms with Crippen LogP contribution < -0.4 is 4.74 Å². The first-order valence-electron chi connectivity index (χ1n) is 4.48. The molecule has 0 radical (unpaired) electrons. The van der Waals surface area contributed by atoms with Crippen molar-refractivity contribution in [1.82, 2.24) is 10.1 Å². The third-order valence-corrected chi connectivity index (χ3v) is 1.83. The zero-order chi connectivity index (χ0) is 10.5. The van der Waals surface area contributed by atoms with E-state index in [1.165, 1.54) is 6.39 Å². The summed E-state index contributed by atoms with van der Waals surface area (Å²) in [6, 6.07) is 9.22. The molecule has 0 amide bonds. The first kappa shape index (κ1) is 9.67. The molecule has 0 aliphatic carbocycles. The molecule has 2 aromatic rings. The van der Waals surface area contributed by atoms with Gasteiger partial charge >= 0.3 is 0 Å². The van der Waals surface area contributed by atoms with Crippen LogP contribution in [0.15, 0.2) is 41.2 Å². The maximum absolute atomic E-state index is 9.56. The summed E-state index contributed by atoms with van der Waals surface area (Å²) in [5.41, 5.74) is 0. The number of hydrogen-bond acceptors (Lipinski definition) is 5. The average Bonchev–Trinajstić information content (AvgIpc) is 2.81. The van der Waals surface area contributed by atoms with Crippen LogP contribution >= 0.6 is 0 Å². The molecule has 15 heavy (non-hydrogen) atoms. The van der Waals surface area contributed by atoms with Crippen LogP contribution in [0.3, 0.4) is 0 Å². The van der Waals surface area contributed by atoms with Crippen LogP contribution in [0.4, 0.5) is 0 Å². The summed E-state index contributed by atoms with van der Waals surface area (Å²) >= 11 is 0. The van der Waals surface area contributed by atoms with E-state index in [9.17, 15) is 5.11 Å². The van der Waals surface area contributed by atoms with Gasteiger partial charge in [0.15, 0.2) is 6.10 Å². The van der Waals surface area contributed by atoms with Gasteiger partial charge in [0.2, 0.25) is 12.2 Å². The van der Waals surface area contributed by atoms with E-state index in [1.54, 1.807) is 0 Å². The van der Waals surface area contributed by atoms with Crippen molar-refractivity contribution < 1.29 is 14.4 Å². The van der Waals surface area contributed by atoms with E-state index in [-0.39, 0.29) is 12.4 Å². The van der Waals surface area contributed by atoms with Gasteiger partial charge in [0, 0.05) is 0 Å². The van der Waals surface area contributed by atoms with Gasteiger partial charge < -0.3 is 14.4 Å². The SMILES string of the molecule is OC(COc1ccccc1)c1ncon1. The molecule has 0 saturated carbocycles. The van der Waals surface area contributed by atoms with Crippen molar-refractivity contribution in [2.24, 2.45) is 0 Å². The maximum atomic E-state index is 9.56. The van der Waals surface area contributed by atoms with Gasteiger partial charge in [-0.05, 0) is 12.1 Å². The zero-order valence-electron chi connectivity index (χ0n) is 7.91. The Bertz CT molecular complexity index is 388. The predicted octanol–water partition coefficient (Wildman–Crippen LogP) is 1.18. The Labute approximate surface area is 86.3 Å². The Morgan fingerprint density at radius 3 is 2.80 bits per heavy atom. The molecule has 5 nitrogen and oxygen atoms in total. The summed E-state index contributed by atoms with van der Waals surface area (Å²) in [6.07, 6.45) is 0.296. The second-order valence-electron chi connectivity index (χ2n) is 2.93. The normalized spacial score (nSPS) is 12.3. The van der Waals surface area contributed by atoms with Crippen molar-refractivity contribution in [3.63, 3.8) is 0 Å². The molecule has 1 N–H and O–H groups in total. The minimum absolute atomic E-state index is 0.101. The second-order valence-corrected chi connectivity index (χ2v) is 2.93. The summed E-state index contributed by atoms with van der Waals surface area (Å²) in [6.45, 7) is 0.101. The van der Waals surface area contributed by atoms with Crippen LogP contribution in [0.1, 0.15) is 11.9 Å². The lowest BCUT2D eigenvalue weighted by atomic mass is 10.3. The number of hydrogen-bond donors (Lipinski definition) is 1. The Kier molecular flexibility index (Phi) is 2.94. The fourth-order valence-corrected chi connectivity index (χ4v) is 1.09. The number of aromatic nitrogens is 2. The van der Waals surface area contributed by atoms with Crippen molar-refractivity contribution >= 4 is 0 Å². The first-order chi connectivity index (χ1) is 7.36. The minimum atomic E-state index is -0.871. The van der Waals surface area contributed by atoms with Gasteiger partial charge in [-0.2, -0.15) is 4.98 Å². The van der Waals surface area contributed by atoms with Gasteiger partial charge in [-0.25, -0.2) is 0 Å². The van der Waals surface area contributed by atoms with Gasteiger partial charge in [-0.1, -0.05) is 23.4 Å². The van der Waals surface area contributed by atoms with Crippen molar-refractivity contribution in [3.8, 4) is 5.75 Å². The van der Waals surface area contributed by atoms with E-state index in [0.29, 0.717) is 5.75 Å². The highest BCUT2D eigenvalue weighted by atomic mass is 16.5. The van der Waals surface area contributed by atoms with Crippen LogP contribution in [-0.4, -0.2) is 21.9 Å². The van der Waals surface area contributed by atoms with Gasteiger partial charge in [-0.15, -0.1) is 0 Å². The van der Waals surface area contributed by atoms with E-state index in [0.717, 1.165) is 0 Å². The maximum Gasteiger partial charge on any atom is 0.213 e. The quantitative estimate of drug-likeness (QED) is 0.813. The molecule has 0 aliphatic heterocycles. The van der Waals surface area contributed by atoms with Crippen LogP contribution in [0, 0.1) is 0 Å². The summed E-state index contributed by atoms with van der Waals surface area (Å²) in [5, 5.41) is 13.1. The molecule has 1 unspecified atom stereocenters. The fourth-order valence-electron chi connectivity index (χ4n) is 1.09. The van der Waals surface area contributed by atoms with Crippen molar-refractivity contribution in [2.45, 2.75) is 6.10 Å². The highest BCUT2D eigenvalue weighted by Crippen LogP contribution is 2.12. The number of aliphatic hydroxyl groups is 1. The number of benzene rings is 1. The van der Waals surface area contributed by atoms with E-state index >= 15 is 0 Å². The Balaban J connectivity index is 1.89. The van der Waals surface area contributed by atoms with Gasteiger partial charge in [0.25, 0.3) is 0 Å². The standard InChI is InChI=1S/C10H10N2O3/c13-9(10-11-7-15-12-10)6-14-8-4-2-1-3-5-8/h1-5,7,9,13H,6H2. The van der Waals surface area contributed by atoms with E-state index in [2.05, 4.69) is 14.7 Å². The topological polar surface area (TPSA) is 68.4 Å². The molecule has 5 heteroatoms. The van der Waals surface area contributed by atoms with Gasteiger partial charge in [-0.3, -0.25) is 0 Å². The lowest BCUT2D eigenvalue weighted by Crippen LogP contribution is -2.10. The van der Waals surface area contributed by atoms with Crippen molar-refractivity contribution in [2.75, 3.05) is 6.61 Å². The van der Waals surface area contributed by atoms with Crippen LogP contribution in [0.25, 0.3) is 0 Å². The molecule has 0 bridgehead atoms. The third kappa shape index (κ3) is 2.54. The van der Waals surface area contributed by atoms with Crippen LogP contribution in [-0.2, 0) is 0 Å². The first-order valence-corrected chi connectivity index (χ1v) is 4.48. The third-order valence-electron chi connectivity index (χ3n) is 1.83. The monoisotopic (exact) mass is 206 g/mol. The largest absolute Gasteiger partial charge is 0.490 e. The molecule has 0 fully saturated rings. The summed E-state index contributed by atoms with van der Waals surface area (Å²) in [4.78, 5) is 3.72. The van der Waals surface area contributed by atoms with Crippen LogP contribution in [0.2, 0.25) is 0 Å². The van der Waals surface area contributed by atoms with Crippen molar-refractivity contribution in [1.29, 1.82) is 0 Å². The zero-order valence-corrected chi connectivity index (χ0v) is 7.91. The Morgan fingerprint density at radius 2 is 2.13 bits per heavy atom. The highest BCUT2D eigenvalue weighted by molar-refractivity contribution is 5.20. The highest BCUT2D eigenvalue weighted by Gasteiger charge is 2.12. The molecule has 1 aromatic carbocycles. The van der Waals surface area contributed by atoms with Gasteiger partial charge in [0.05, 0.1) is 0 Å². The van der Waals surface area contributed by atoms with Gasteiger partial charge in [0.1, 0.15) is 12.4 Å². The predicted molar refractivity (Wildman–Crippen MR) is 51.2 cm³/mol. The van der Waals surface area contributed by atoms with Crippen molar-refractivity contribution in [3.05, 3.63) is 42.5 Å². The average molecular weight is 206 g/mol. The smallest absolute Gasteiger partial charge is 0.213 e. The number of para-hydroxylation sites is 1. The molecular weight excluding hydrogens is 196 g/mol. The lowest BCUT2D eigenvalue weighted by molar-refractivity contribution is 0.0983. The molecule has 1 atom stereocenters. The van der Waals surface area contributed by atoms with E-state index in [4.69, 9.17) is 4.74 Å². The number of rotatable bonds is 4. The summed E-state index contributed by atoms with van der Waals surface area (Å²) in [7, 11) is 0. The second kappa shape index (κ2) is 4.56. The molecule has 1 aromatic heterocycles. The van der Waals surface area contributed by atoms with Crippen LogP contribution in [0.5, 0.6) is 5.75 Å². The number of aliphatic hydroxyl groups excluding tert-OH is 1. The molecule has 2 rings (SSSR count). The lowest BCUT2D eigenvalue weighted by Gasteiger charge is -2.08. The summed E-state index contributed by atoms with van der Waals surface area (Å²) < 4.78 is 9.83. The van der Waals surface area contributed by atoms with E-state index < -0.39 is 6.10 Å². The molecular formula is C10H10N2O3. The Morgan fingerprint density at radius 1 is 1.33 bits per heavy atom. The number of ether oxygens (including phenoxy) is 1. The molecule has 0 spiro atoms.